The Hall–Kier alpha value is -3.24. The third-order valence-electron chi connectivity index (χ3n) is 4.13. The molecule has 2 heterocycles. The van der Waals surface area contributed by atoms with Crippen LogP contribution in [0.15, 0.2) is 12.3 Å². The summed E-state index contributed by atoms with van der Waals surface area (Å²) in [4.78, 5) is 35.2. The minimum absolute atomic E-state index is 0.167. The number of carbonyl (C=O) groups excluding carboxylic acids is 2. The van der Waals surface area contributed by atoms with Crippen molar-refractivity contribution < 1.29 is 14.5 Å². The molecule has 28 heavy (non-hydrogen) atoms. The van der Waals surface area contributed by atoms with Crippen molar-refractivity contribution in [1.82, 2.24) is 24.9 Å². The molecular weight excluding hydrogens is 366 g/mol. The molecule has 0 fully saturated rings. The first-order chi connectivity index (χ1) is 13.1. The second-order valence-corrected chi connectivity index (χ2v) is 7.11. The van der Waals surface area contributed by atoms with Crippen LogP contribution >= 0.6 is 0 Å². The summed E-state index contributed by atoms with van der Waals surface area (Å²) < 4.78 is 2.82. The van der Waals surface area contributed by atoms with Crippen molar-refractivity contribution in [2.75, 3.05) is 11.9 Å². The zero-order valence-electron chi connectivity index (χ0n) is 16.6. The van der Waals surface area contributed by atoms with Gasteiger partial charge >= 0.3 is 5.82 Å². The number of rotatable bonds is 8. The van der Waals surface area contributed by atoms with Crippen LogP contribution in [0, 0.1) is 28.9 Å². The number of carbonyl (C=O) groups is 2. The third kappa shape index (κ3) is 4.93. The molecule has 2 amide bonds. The molecule has 152 valence electrons. The van der Waals surface area contributed by atoms with Gasteiger partial charge in [0.2, 0.25) is 5.91 Å². The van der Waals surface area contributed by atoms with Crippen LogP contribution in [0.2, 0.25) is 0 Å². The molecule has 0 aliphatic carbocycles. The van der Waals surface area contributed by atoms with E-state index in [1.54, 1.807) is 20.9 Å². The minimum Gasteiger partial charge on any atom is -0.358 e. The van der Waals surface area contributed by atoms with Gasteiger partial charge in [-0.25, -0.2) is 0 Å². The van der Waals surface area contributed by atoms with Crippen LogP contribution in [0.5, 0.6) is 0 Å². The van der Waals surface area contributed by atoms with E-state index in [1.165, 1.54) is 21.6 Å². The Labute approximate surface area is 162 Å². The van der Waals surface area contributed by atoms with Gasteiger partial charge in [0.15, 0.2) is 0 Å². The summed E-state index contributed by atoms with van der Waals surface area (Å²) in [6, 6.07) is 1.35. The van der Waals surface area contributed by atoms with Crippen LogP contribution in [0.25, 0.3) is 0 Å². The van der Waals surface area contributed by atoms with Gasteiger partial charge in [-0.2, -0.15) is 9.78 Å². The Bertz CT molecular complexity index is 884. The molecule has 2 aromatic heterocycles. The van der Waals surface area contributed by atoms with Gasteiger partial charge in [0, 0.05) is 13.6 Å². The first-order valence-electron chi connectivity index (χ1n) is 8.90. The molecule has 0 bridgehead atoms. The highest BCUT2D eigenvalue weighted by molar-refractivity contribution is 6.02. The summed E-state index contributed by atoms with van der Waals surface area (Å²) in [6.07, 6.45) is 1.42. The molecule has 0 saturated heterocycles. The standard InChI is InChI=1S/C17H25N7O4/c1-10(2)7-18-17(26)15-13(8-19-22(15)5)20-16(25)11(3)9-23-12(4)6-14(21-23)24(27)28/h6,8,10-11H,7,9H2,1-5H3,(H,18,26)(H,20,25). The molecule has 0 aromatic carbocycles. The SMILES string of the molecule is Cc1cc([N+](=O)[O-])nn1CC(C)C(=O)Nc1cnn(C)c1C(=O)NCC(C)C. The van der Waals surface area contributed by atoms with E-state index in [2.05, 4.69) is 20.8 Å². The van der Waals surface area contributed by atoms with Gasteiger partial charge in [0.1, 0.15) is 5.69 Å². The Morgan fingerprint density at radius 2 is 2.00 bits per heavy atom. The summed E-state index contributed by atoms with van der Waals surface area (Å²) >= 11 is 0. The highest BCUT2D eigenvalue weighted by Gasteiger charge is 2.24. The Morgan fingerprint density at radius 3 is 2.57 bits per heavy atom. The predicted octanol–water partition coefficient (Wildman–Crippen LogP) is 1.49. The maximum absolute atomic E-state index is 12.6. The number of anilines is 1. The zero-order chi connectivity index (χ0) is 21.0. The fourth-order valence-corrected chi connectivity index (χ4v) is 2.54. The van der Waals surface area contributed by atoms with Gasteiger partial charge in [-0.15, -0.1) is 0 Å². The Morgan fingerprint density at radius 1 is 1.32 bits per heavy atom. The van der Waals surface area contributed by atoms with Crippen molar-refractivity contribution in [1.29, 1.82) is 0 Å². The third-order valence-corrected chi connectivity index (χ3v) is 4.13. The lowest BCUT2D eigenvalue weighted by molar-refractivity contribution is -0.389. The number of hydrogen-bond acceptors (Lipinski definition) is 6. The number of hydrogen-bond donors (Lipinski definition) is 2. The smallest absolute Gasteiger partial charge is 0.358 e. The fraction of sp³-hybridized carbons (Fsp3) is 0.529. The number of nitrogens with zero attached hydrogens (tertiary/aromatic N) is 5. The first-order valence-corrected chi connectivity index (χ1v) is 8.90. The Kier molecular flexibility index (Phi) is 6.49. The molecule has 0 saturated carbocycles. The lowest BCUT2D eigenvalue weighted by Gasteiger charge is -2.13. The molecule has 2 rings (SSSR count). The maximum atomic E-state index is 12.6. The minimum atomic E-state index is -0.577. The summed E-state index contributed by atoms with van der Waals surface area (Å²) in [5, 5.41) is 24.3. The normalized spacial score (nSPS) is 12.1. The number of amides is 2. The number of aromatic nitrogens is 4. The molecular formula is C17H25N7O4. The monoisotopic (exact) mass is 391 g/mol. The van der Waals surface area contributed by atoms with Crippen LogP contribution < -0.4 is 10.6 Å². The summed E-state index contributed by atoms with van der Waals surface area (Å²) in [5.41, 5.74) is 1.15. The average molecular weight is 391 g/mol. The van der Waals surface area contributed by atoms with E-state index in [0.29, 0.717) is 17.9 Å². The van der Waals surface area contributed by atoms with E-state index in [4.69, 9.17) is 0 Å². The highest BCUT2D eigenvalue weighted by atomic mass is 16.6. The second-order valence-electron chi connectivity index (χ2n) is 7.11. The largest absolute Gasteiger partial charge is 0.390 e. The van der Waals surface area contributed by atoms with Crippen LogP contribution in [0.3, 0.4) is 0 Å². The quantitative estimate of drug-likeness (QED) is 0.517. The van der Waals surface area contributed by atoms with E-state index in [-0.39, 0.29) is 35.8 Å². The number of nitro groups is 1. The topological polar surface area (TPSA) is 137 Å². The highest BCUT2D eigenvalue weighted by Crippen LogP contribution is 2.17. The van der Waals surface area contributed by atoms with Crippen LogP contribution in [0.1, 0.15) is 37.0 Å². The van der Waals surface area contributed by atoms with Crippen molar-refractivity contribution in [2.24, 2.45) is 18.9 Å². The summed E-state index contributed by atoms with van der Waals surface area (Å²) in [5.74, 6) is -1.18. The lowest BCUT2D eigenvalue weighted by atomic mass is 10.1. The Balaban J connectivity index is 2.08. The van der Waals surface area contributed by atoms with Crippen LogP contribution in [-0.2, 0) is 18.4 Å². The van der Waals surface area contributed by atoms with E-state index < -0.39 is 10.8 Å². The van der Waals surface area contributed by atoms with Crippen LogP contribution in [0.4, 0.5) is 11.5 Å². The number of nitrogens with one attached hydrogen (secondary N) is 2. The molecule has 11 heteroatoms. The molecule has 2 N–H and O–H groups in total. The van der Waals surface area contributed by atoms with Crippen molar-refractivity contribution in [3.63, 3.8) is 0 Å². The molecule has 0 radical (unpaired) electrons. The van der Waals surface area contributed by atoms with Crippen molar-refractivity contribution >= 4 is 23.3 Å². The molecule has 0 aliphatic rings. The predicted molar refractivity (Wildman–Crippen MR) is 102 cm³/mol. The lowest BCUT2D eigenvalue weighted by Crippen LogP contribution is -2.31. The van der Waals surface area contributed by atoms with Gasteiger partial charge in [0.25, 0.3) is 5.91 Å². The average Bonchev–Trinajstić information content (AvgIpc) is 3.16. The van der Waals surface area contributed by atoms with Gasteiger partial charge < -0.3 is 20.7 Å². The van der Waals surface area contributed by atoms with Crippen molar-refractivity contribution in [3.05, 3.63) is 33.8 Å². The van der Waals surface area contributed by atoms with E-state index in [0.717, 1.165) is 0 Å². The molecule has 11 nitrogen and oxygen atoms in total. The van der Waals surface area contributed by atoms with Gasteiger partial charge in [0.05, 0.1) is 41.2 Å². The molecule has 0 spiro atoms. The fourth-order valence-electron chi connectivity index (χ4n) is 2.54. The van der Waals surface area contributed by atoms with E-state index in [9.17, 15) is 19.7 Å². The second kappa shape index (κ2) is 8.63. The summed E-state index contributed by atoms with van der Waals surface area (Å²) in [7, 11) is 1.62. The zero-order valence-corrected chi connectivity index (χ0v) is 16.6. The number of aryl methyl sites for hydroxylation is 2. The molecule has 1 unspecified atom stereocenters. The van der Waals surface area contributed by atoms with E-state index >= 15 is 0 Å². The maximum Gasteiger partial charge on any atom is 0.390 e. The van der Waals surface area contributed by atoms with Crippen LogP contribution in [-0.4, -0.2) is 42.8 Å². The van der Waals surface area contributed by atoms with Crippen molar-refractivity contribution in [3.8, 4) is 0 Å². The first kappa shape index (κ1) is 21.1. The van der Waals surface area contributed by atoms with Gasteiger partial charge in [-0.3, -0.25) is 14.3 Å². The van der Waals surface area contributed by atoms with Gasteiger partial charge in [-0.1, -0.05) is 20.8 Å². The molecule has 2 aromatic rings. The van der Waals surface area contributed by atoms with Gasteiger partial charge in [-0.05, 0) is 17.8 Å². The molecule has 0 aliphatic heterocycles. The van der Waals surface area contributed by atoms with E-state index in [1.807, 2.05) is 13.8 Å². The molecule has 1 atom stereocenters. The van der Waals surface area contributed by atoms with Crippen molar-refractivity contribution in [2.45, 2.75) is 34.2 Å². The summed E-state index contributed by atoms with van der Waals surface area (Å²) in [6.45, 7) is 8.00.